The Kier molecular flexibility index (Phi) is 4.68. The SMILES string of the molecule is Cc1ccnc(N(C)C(C(=O)C(C)C)c2ccccc2)n1. The van der Waals surface area contributed by atoms with Gasteiger partial charge in [0.15, 0.2) is 5.78 Å². The molecule has 1 aromatic carbocycles. The first-order valence-corrected chi connectivity index (χ1v) is 7.12. The number of likely N-dealkylation sites (N-methyl/N-ethyl adjacent to an activating group) is 1. The van der Waals surface area contributed by atoms with Gasteiger partial charge in [0.05, 0.1) is 0 Å². The van der Waals surface area contributed by atoms with Crippen molar-refractivity contribution >= 4 is 11.7 Å². The van der Waals surface area contributed by atoms with Crippen LogP contribution in [0.5, 0.6) is 0 Å². The molecule has 4 heteroatoms. The summed E-state index contributed by atoms with van der Waals surface area (Å²) < 4.78 is 0. The number of nitrogens with zero attached hydrogens (tertiary/aromatic N) is 3. The maximum atomic E-state index is 12.6. The summed E-state index contributed by atoms with van der Waals surface area (Å²) in [6.07, 6.45) is 1.72. The molecule has 110 valence electrons. The monoisotopic (exact) mass is 283 g/mol. The van der Waals surface area contributed by atoms with E-state index >= 15 is 0 Å². The van der Waals surface area contributed by atoms with Crippen molar-refractivity contribution in [2.24, 2.45) is 5.92 Å². The van der Waals surface area contributed by atoms with Gasteiger partial charge in [-0.3, -0.25) is 4.79 Å². The number of hydrogen-bond acceptors (Lipinski definition) is 4. The molecule has 2 rings (SSSR count). The van der Waals surface area contributed by atoms with Crippen molar-refractivity contribution in [3.63, 3.8) is 0 Å². The summed E-state index contributed by atoms with van der Waals surface area (Å²) in [6, 6.07) is 11.3. The number of carbonyl (C=O) groups is 1. The van der Waals surface area contributed by atoms with E-state index in [2.05, 4.69) is 9.97 Å². The normalized spacial score (nSPS) is 12.2. The molecule has 0 bridgehead atoms. The van der Waals surface area contributed by atoms with E-state index in [1.165, 1.54) is 0 Å². The third kappa shape index (κ3) is 3.45. The smallest absolute Gasteiger partial charge is 0.226 e. The van der Waals surface area contributed by atoms with E-state index < -0.39 is 0 Å². The predicted octanol–water partition coefficient (Wildman–Crippen LogP) is 3.19. The molecule has 0 radical (unpaired) electrons. The van der Waals surface area contributed by atoms with Crippen LogP contribution >= 0.6 is 0 Å². The zero-order valence-electron chi connectivity index (χ0n) is 12.9. The van der Waals surface area contributed by atoms with Crippen LogP contribution in [-0.4, -0.2) is 22.8 Å². The fourth-order valence-corrected chi connectivity index (χ4v) is 2.25. The minimum absolute atomic E-state index is 0.0533. The number of hydrogen-bond donors (Lipinski definition) is 0. The number of carbonyl (C=O) groups excluding carboxylic acids is 1. The van der Waals surface area contributed by atoms with Gasteiger partial charge in [0.25, 0.3) is 0 Å². The van der Waals surface area contributed by atoms with Crippen molar-refractivity contribution in [1.29, 1.82) is 0 Å². The van der Waals surface area contributed by atoms with Gasteiger partial charge < -0.3 is 4.90 Å². The van der Waals surface area contributed by atoms with Crippen LogP contribution in [0.2, 0.25) is 0 Å². The lowest BCUT2D eigenvalue weighted by Crippen LogP contribution is -2.34. The molecule has 0 amide bonds. The zero-order valence-corrected chi connectivity index (χ0v) is 12.9. The highest BCUT2D eigenvalue weighted by molar-refractivity contribution is 5.89. The van der Waals surface area contributed by atoms with Crippen LogP contribution in [0.15, 0.2) is 42.6 Å². The Morgan fingerprint density at radius 1 is 1.14 bits per heavy atom. The van der Waals surface area contributed by atoms with Gasteiger partial charge in [0.2, 0.25) is 5.95 Å². The summed E-state index contributed by atoms with van der Waals surface area (Å²) in [5.74, 6) is 0.675. The first kappa shape index (κ1) is 15.2. The molecule has 2 aromatic rings. The largest absolute Gasteiger partial charge is 0.330 e. The maximum Gasteiger partial charge on any atom is 0.226 e. The lowest BCUT2D eigenvalue weighted by atomic mass is 9.94. The first-order valence-electron chi connectivity index (χ1n) is 7.12. The Morgan fingerprint density at radius 3 is 2.38 bits per heavy atom. The topological polar surface area (TPSA) is 46.1 Å². The van der Waals surface area contributed by atoms with Crippen molar-refractivity contribution in [3.05, 3.63) is 53.9 Å². The summed E-state index contributed by atoms with van der Waals surface area (Å²) in [5, 5.41) is 0. The van der Waals surface area contributed by atoms with Crippen molar-refractivity contribution < 1.29 is 4.79 Å². The summed E-state index contributed by atoms with van der Waals surface area (Å²) in [6.45, 7) is 5.76. The summed E-state index contributed by atoms with van der Waals surface area (Å²) >= 11 is 0. The highest BCUT2D eigenvalue weighted by atomic mass is 16.1. The van der Waals surface area contributed by atoms with E-state index in [1.807, 2.05) is 69.1 Å². The minimum atomic E-state index is -0.368. The van der Waals surface area contributed by atoms with E-state index in [-0.39, 0.29) is 17.7 Å². The van der Waals surface area contributed by atoms with Crippen LogP contribution in [0.4, 0.5) is 5.95 Å². The molecule has 0 saturated heterocycles. The number of benzene rings is 1. The van der Waals surface area contributed by atoms with Gasteiger partial charge in [0, 0.05) is 24.9 Å². The third-order valence-corrected chi connectivity index (χ3v) is 3.44. The van der Waals surface area contributed by atoms with Gasteiger partial charge in [-0.05, 0) is 18.6 Å². The molecular formula is C17H21N3O. The maximum absolute atomic E-state index is 12.6. The average molecular weight is 283 g/mol. The van der Waals surface area contributed by atoms with Crippen LogP contribution in [0.25, 0.3) is 0 Å². The van der Waals surface area contributed by atoms with Crippen molar-refractivity contribution in [1.82, 2.24) is 9.97 Å². The fourth-order valence-electron chi connectivity index (χ4n) is 2.25. The van der Waals surface area contributed by atoms with Gasteiger partial charge in [-0.25, -0.2) is 9.97 Å². The quantitative estimate of drug-likeness (QED) is 0.845. The Labute approximate surface area is 125 Å². The van der Waals surface area contributed by atoms with Gasteiger partial charge in [-0.1, -0.05) is 44.2 Å². The van der Waals surface area contributed by atoms with Crippen LogP contribution in [-0.2, 0) is 4.79 Å². The minimum Gasteiger partial charge on any atom is -0.330 e. The molecule has 0 spiro atoms. The second kappa shape index (κ2) is 6.48. The molecule has 0 fully saturated rings. The van der Waals surface area contributed by atoms with E-state index in [4.69, 9.17) is 0 Å². The number of aryl methyl sites for hydroxylation is 1. The molecule has 1 atom stereocenters. The molecule has 0 aliphatic heterocycles. The lowest BCUT2D eigenvalue weighted by Gasteiger charge is -2.28. The summed E-state index contributed by atoms with van der Waals surface area (Å²) in [4.78, 5) is 23.2. The van der Waals surface area contributed by atoms with Crippen molar-refractivity contribution in [3.8, 4) is 0 Å². The van der Waals surface area contributed by atoms with Crippen molar-refractivity contribution in [2.45, 2.75) is 26.8 Å². The predicted molar refractivity (Wildman–Crippen MR) is 84.2 cm³/mol. The Bertz CT molecular complexity index is 610. The zero-order chi connectivity index (χ0) is 15.4. The van der Waals surface area contributed by atoms with Gasteiger partial charge in [-0.15, -0.1) is 0 Å². The third-order valence-electron chi connectivity index (χ3n) is 3.44. The molecule has 1 heterocycles. The summed E-state index contributed by atoms with van der Waals surface area (Å²) in [7, 11) is 1.87. The Morgan fingerprint density at radius 2 is 1.81 bits per heavy atom. The van der Waals surface area contributed by atoms with E-state index in [9.17, 15) is 4.79 Å². The number of ketones is 1. The van der Waals surface area contributed by atoms with Crippen LogP contribution in [0, 0.1) is 12.8 Å². The van der Waals surface area contributed by atoms with E-state index in [1.54, 1.807) is 6.20 Å². The Balaban J connectivity index is 2.42. The van der Waals surface area contributed by atoms with Gasteiger partial charge in [-0.2, -0.15) is 0 Å². The van der Waals surface area contributed by atoms with E-state index in [0.29, 0.717) is 5.95 Å². The fraction of sp³-hybridized carbons (Fsp3) is 0.353. The Hall–Kier alpha value is -2.23. The number of rotatable bonds is 5. The molecule has 4 nitrogen and oxygen atoms in total. The molecule has 0 aliphatic carbocycles. The molecule has 0 saturated carbocycles. The molecular weight excluding hydrogens is 262 g/mol. The highest BCUT2D eigenvalue weighted by Gasteiger charge is 2.28. The van der Waals surface area contributed by atoms with E-state index in [0.717, 1.165) is 11.3 Å². The van der Waals surface area contributed by atoms with Gasteiger partial charge >= 0.3 is 0 Å². The molecule has 0 N–H and O–H groups in total. The second-order valence-corrected chi connectivity index (χ2v) is 5.48. The summed E-state index contributed by atoms with van der Waals surface area (Å²) in [5.41, 5.74) is 1.85. The van der Waals surface area contributed by atoms with Crippen LogP contribution in [0.1, 0.15) is 31.1 Å². The number of Topliss-reactive ketones (excluding diaryl/α,β-unsaturated/α-hetero) is 1. The van der Waals surface area contributed by atoms with Crippen LogP contribution in [0.3, 0.4) is 0 Å². The molecule has 21 heavy (non-hydrogen) atoms. The second-order valence-electron chi connectivity index (χ2n) is 5.48. The molecule has 0 aliphatic rings. The molecule has 1 unspecified atom stereocenters. The lowest BCUT2D eigenvalue weighted by molar-refractivity contribution is -0.123. The average Bonchev–Trinajstić information content (AvgIpc) is 2.48. The standard InChI is InChI=1S/C17H21N3O/c1-12(2)16(21)15(14-8-6-5-7-9-14)20(4)17-18-11-10-13(3)19-17/h5-12,15H,1-4H3. The first-order chi connectivity index (χ1) is 10.0. The molecule has 1 aromatic heterocycles. The number of anilines is 1. The number of aromatic nitrogens is 2. The van der Waals surface area contributed by atoms with Crippen molar-refractivity contribution in [2.75, 3.05) is 11.9 Å². The van der Waals surface area contributed by atoms with Crippen LogP contribution < -0.4 is 4.90 Å². The van der Waals surface area contributed by atoms with Gasteiger partial charge in [0.1, 0.15) is 6.04 Å². The highest BCUT2D eigenvalue weighted by Crippen LogP contribution is 2.26.